The average Bonchev–Trinajstić information content (AvgIpc) is 2.85. The van der Waals surface area contributed by atoms with Crippen LogP contribution in [0.5, 0.6) is 0 Å². The van der Waals surface area contributed by atoms with Crippen molar-refractivity contribution >= 4 is 33.2 Å². The fourth-order valence-electron chi connectivity index (χ4n) is 3.46. The maximum atomic E-state index is 13.4. The highest BCUT2D eigenvalue weighted by atomic mass is 35.5. The van der Waals surface area contributed by atoms with Gasteiger partial charge in [0.05, 0.1) is 4.90 Å². The molecular formula is C27H23ClN2O3S. The Morgan fingerprint density at radius 1 is 0.706 bits per heavy atom. The molecule has 0 atom stereocenters. The van der Waals surface area contributed by atoms with Crippen LogP contribution in [0.1, 0.15) is 21.5 Å². The van der Waals surface area contributed by atoms with Crippen molar-refractivity contribution in [2.45, 2.75) is 18.0 Å². The zero-order chi connectivity index (χ0) is 24.0. The lowest BCUT2D eigenvalue weighted by Crippen LogP contribution is -2.30. The van der Waals surface area contributed by atoms with Crippen LogP contribution in [-0.2, 0) is 23.1 Å². The number of anilines is 1. The third kappa shape index (κ3) is 5.91. The monoisotopic (exact) mass is 490 g/mol. The second-order valence-corrected chi connectivity index (χ2v) is 10.1. The zero-order valence-corrected chi connectivity index (χ0v) is 19.8. The molecule has 7 heteroatoms. The molecule has 0 saturated heterocycles. The minimum Gasteiger partial charge on any atom is -0.322 e. The molecule has 0 spiro atoms. The maximum Gasteiger partial charge on any atom is 0.255 e. The standard InChI is InChI=1S/C27H23ClN2O3S/c28-24-15-17-26(18-16-24)34(32,33)30(19-21-7-3-1-4-8-21)20-22-11-13-23(14-12-22)27(31)29-25-9-5-2-6-10-25/h1-18H,19-20H2,(H,29,31). The Morgan fingerprint density at radius 3 is 1.82 bits per heavy atom. The number of benzene rings is 4. The van der Waals surface area contributed by atoms with Gasteiger partial charge < -0.3 is 5.32 Å². The molecule has 0 radical (unpaired) electrons. The van der Waals surface area contributed by atoms with Gasteiger partial charge in [0, 0.05) is 29.4 Å². The molecule has 34 heavy (non-hydrogen) atoms. The topological polar surface area (TPSA) is 66.5 Å². The number of carbonyl (C=O) groups is 1. The number of nitrogens with zero attached hydrogens (tertiary/aromatic N) is 1. The molecule has 0 aliphatic carbocycles. The number of sulfonamides is 1. The number of amides is 1. The number of halogens is 1. The van der Waals surface area contributed by atoms with E-state index in [-0.39, 0.29) is 23.9 Å². The van der Waals surface area contributed by atoms with Crippen molar-refractivity contribution < 1.29 is 13.2 Å². The van der Waals surface area contributed by atoms with Gasteiger partial charge in [-0.1, -0.05) is 72.3 Å². The number of para-hydroxylation sites is 1. The summed E-state index contributed by atoms with van der Waals surface area (Å²) in [6.45, 7) is 0.364. The van der Waals surface area contributed by atoms with Crippen molar-refractivity contribution in [1.29, 1.82) is 0 Å². The Bertz CT molecular complexity index is 1340. The van der Waals surface area contributed by atoms with Crippen LogP contribution in [0, 0.1) is 0 Å². The molecule has 0 saturated carbocycles. The minimum atomic E-state index is -3.79. The molecule has 0 bridgehead atoms. The maximum absolute atomic E-state index is 13.4. The van der Waals surface area contributed by atoms with Crippen molar-refractivity contribution in [3.05, 3.63) is 131 Å². The number of carbonyl (C=O) groups excluding carboxylic acids is 1. The highest BCUT2D eigenvalue weighted by Gasteiger charge is 2.25. The van der Waals surface area contributed by atoms with Crippen LogP contribution >= 0.6 is 11.6 Å². The van der Waals surface area contributed by atoms with Crippen molar-refractivity contribution in [3.63, 3.8) is 0 Å². The van der Waals surface area contributed by atoms with Gasteiger partial charge >= 0.3 is 0 Å². The summed E-state index contributed by atoms with van der Waals surface area (Å²) >= 11 is 5.95. The Hall–Kier alpha value is -3.45. The first-order valence-electron chi connectivity index (χ1n) is 10.7. The van der Waals surface area contributed by atoms with Gasteiger partial charge in [-0.25, -0.2) is 8.42 Å². The molecule has 0 fully saturated rings. The summed E-state index contributed by atoms with van der Waals surface area (Å²) in [5, 5.41) is 3.32. The SMILES string of the molecule is O=C(Nc1ccccc1)c1ccc(CN(Cc2ccccc2)S(=O)(=O)c2ccc(Cl)cc2)cc1. The van der Waals surface area contributed by atoms with E-state index in [1.807, 2.05) is 60.7 Å². The first-order chi connectivity index (χ1) is 16.4. The number of hydrogen-bond donors (Lipinski definition) is 1. The molecular weight excluding hydrogens is 468 g/mol. The van der Waals surface area contributed by atoms with Gasteiger partial charge in [-0.15, -0.1) is 0 Å². The van der Waals surface area contributed by atoms with E-state index >= 15 is 0 Å². The van der Waals surface area contributed by atoms with Crippen LogP contribution in [-0.4, -0.2) is 18.6 Å². The van der Waals surface area contributed by atoms with E-state index in [0.29, 0.717) is 16.3 Å². The summed E-state index contributed by atoms with van der Waals surface area (Å²) in [6.07, 6.45) is 0. The third-order valence-electron chi connectivity index (χ3n) is 5.26. The molecule has 0 heterocycles. The summed E-state index contributed by atoms with van der Waals surface area (Å²) in [6, 6.07) is 31.7. The van der Waals surface area contributed by atoms with E-state index in [2.05, 4.69) is 5.32 Å². The van der Waals surface area contributed by atoms with Gasteiger partial charge in [0.15, 0.2) is 0 Å². The van der Waals surface area contributed by atoms with Gasteiger partial charge in [0.1, 0.15) is 0 Å². The molecule has 0 aromatic heterocycles. The predicted molar refractivity (Wildman–Crippen MR) is 135 cm³/mol. The van der Waals surface area contributed by atoms with E-state index in [9.17, 15) is 13.2 Å². The second-order valence-electron chi connectivity index (χ2n) is 7.73. The Kier molecular flexibility index (Phi) is 7.43. The van der Waals surface area contributed by atoms with Crippen molar-refractivity contribution in [2.24, 2.45) is 0 Å². The summed E-state index contributed by atoms with van der Waals surface area (Å²) in [5.74, 6) is -0.229. The average molecular weight is 491 g/mol. The van der Waals surface area contributed by atoms with Crippen LogP contribution in [0.3, 0.4) is 0 Å². The van der Waals surface area contributed by atoms with Crippen molar-refractivity contribution in [3.8, 4) is 0 Å². The smallest absolute Gasteiger partial charge is 0.255 e. The number of hydrogen-bond acceptors (Lipinski definition) is 3. The lowest BCUT2D eigenvalue weighted by atomic mass is 10.1. The first kappa shape index (κ1) is 23.7. The highest BCUT2D eigenvalue weighted by molar-refractivity contribution is 7.89. The molecule has 4 rings (SSSR count). The van der Waals surface area contributed by atoms with Crippen molar-refractivity contribution in [2.75, 3.05) is 5.32 Å². The van der Waals surface area contributed by atoms with Crippen LogP contribution in [0.2, 0.25) is 5.02 Å². The van der Waals surface area contributed by atoms with E-state index in [4.69, 9.17) is 11.6 Å². The third-order valence-corrected chi connectivity index (χ3v) is 7.32. The Morgan fingerprint density at radius 2 is 1.24 bits per heavy atom. The molecule has 4 aromatic carbocycles. The van der Waals surface area contributed by atoms with E-state index < -0.39 is 10.0 Å². The quantitative estimate of drug-likeness (QED) is 0.330. The molecule has 1 amide bonds. The number of nitrogens with one attached hydrogen (secondary N) is 1. The van der Waals surface area contributed by atoms with Crippen LogP contribution in [0.4, 0.5) is 5.69 Å². The van der Waals surface area contributed by atoms with Crippen molar-refractivity contribution in [1.82, 2.24) is 4.31 Å². The zero-order valence-electron chi connectivity index (χ0n) is 18.3. The van der Waals surface area contributed by atoms with Gasteiger partial charge in [-0.2, -0.15) is 4.31 Å². The van der Waals surface area contributed by atoms with E-state index in [1.165, 1.54) is 16.4 Å². The molecule has 4 aromatic rings. The van der Waals surface area contributed by atoms with Gasteiger partial charge in [0.25, 0.3) is 5.91 Å². The molecule has 0 aliphatic rings. The van der Waals surface area contributed by atoms with Gasteiger partial charge in [-0.3, -0.25) is 4.79 Å². The minimum absolute atomic E-state index is 0.153. The van der Waals surface area contributed by atoms with Gasteiger partial charge in [0.2, 0.25) is 10.0 Å². The predicted octanol–water partition coefficient (Wildman–Crippen LogP) is 5.98. The second kappa shape index (κ2) is 10.7. The lowest BCUT2D eigenvalue weighted by molar-refractivity contribution is 0.102. The van der Waals surface area contributed by atoms with Gasteiger partial charge in [-0.05, 0) is 59.7 Å². The van der Waals surface area contributed by atoms with E-state index in [0.717, 1.165) is 11.1 Å². The Labute approximate surface area is 204 Å². The lowest BCUT2D eigenvalue weighted by Gasteiger charge is -2.23. The van der Waals surface area contributed by atoms with E-state index in [1.54, 1.807) is 36.4 Å². The molecule has 0 unspecified atom stereocenters. The summed E-state index contributed by atoms with van der Waals surface area (Å²) < 4.78 is 28.3. The largest absolute Gasteiger partial charge is 0.322 e. The molecule has 1 N–H and O–H groups in total. The summed E-state index contributed by atoms with van der Waals surface area (Å²) in [4.78, 5) is 12.7. The van der Waals surface area contributed by atoms with Crippen LogP contribution in [0.25, 0.3) is 0 Å². The number of rotatable bonds is 8. The fourth-order valence-corrected chi connectivity index (χ4v) is 5.00. The summed E-state index contributed by atoms with van der Waals surface area (Å²) in [5.41, 5.74) is 2.84. The normalized spacial score (nSPS) is 11.4. The van der Waals surface area contributed by atoms with Crippen LogP contribution < -0.4 is 5.32 Å². The first-order valence-corrected chi connectivity index (χ1v) is 12.5. The molecule has 5 nitrogen and oxygen atoms in total. The Balaban J connectivity index is 1.56. The summed E-state index contributed by atoms with van der Waals surface area (Å²) in [7, 11) is -3.79. The highest BCUT2D eigenvalue weighted by Crippen LogP contribution is 2.23. The molecule has 172 valence electrons. The van der Waals surface area contributed by atoms with Crippen LogP contribution in [0.15, 0.2) is 114 Å². The molecule has 0 aliphatic heterocycles. The fraction of sp³-hybridized carbons (Fsp3) is 0.0741.